The summed E-state index contributed by atoms with van der Waals surface area (Å²) in [6.07, 6.45) is 0. The normalized spacial score (nSPS) is 9.64. The third kappa shape index (κ3) is 1.62. The van der Waals surface area contributed by atoms with Crippen LogP contribution in [0.5, 0.6) is 0 Å². The SMILES string of the molecule is N#Cc1c(-c2ccccc2)ssc1=S. The number of benzene rings is 1. The van der Waals surface area contributed by atoms with Gasteiger partial charge in [-0.05, 0) is 5.56 Å². The Kier molecular flexibility index (Phi) is 2.73. The quantitative estimate of drug-likeness (QED) is 0.549. The molecule has 0 fully saturated rings. The summed E-state index contributed by atoms with van der Waals surface area (Å²) in [5.41, 5.74) is 1.71. The average Bonchev–Trinajstić information content (AvgIpc) is 2.61. The van der Waals surface area contributed by atoms with Gasteiger partial charge in [0.15, 0.2) is 0 Å². The molecule has 0 aliphatic carbocycles. The molecule has 0 saturated carbocycles. The van der Waals surface area contributed by atoms with Gasteiger partial charge in [-0.15, -0.1) is 0 Å². The van der Waals surface area contributed by atoms with Gasteiger partial charge in [0.2, 0.25) is 0 Å². The Labute approximate surface area is 94.3 Å². The highest BCUT2D eigenvalue weighted by atomic mass is 32.9. The van der Waals surface area contributed by atoms with Crippen LogP contribution in [0.25, 0.3) is 10.4 Å². The van der Waals surface area contributed by atoms with E-state index < -0.39 is 0 Å². The molecule has 0 bridgehead atoms. The predicted molar refractivity (Wildman–Crippen MR) is 63.2 cm³/mol. The van der Waals surface area contributed by atoms with E-state index in [1.165, 1.54) is 10.3 Å². The molecule has 1 aromatic carbocycles. The van der Waals surface area contributed by atoms with Crippen molar-refractivity contribution >= 4 is 32.9 Å². The topological polar surface area (TPSA) is 23.8 Å². The Morgan fingerprint density at radius 3 is 2.50 bits per heavy atom. The lowest BCUT2D eigenvalue weighted by molar-refractivity contribution is 1.50. The Morgan fingerprint density at radius 1 is 1.14 bits per heavy atom. The molecule has 68 valence electrons. The zero-order valence-corrected chi connectivity index (χ0v) is 9.51. The maximum Gasteiger partial charge on any atom is 0.120 e. The second-order valence-corrected chi connectivity index (χ2v) is 5.45. The van der Waals surface area contributed by atoms with Crippen LogP contribution in [0.2, 0.25) is 0 Å². The van der Waals surface area contributed by atoms with Gasteiger partial charge < -0.3 is 0 Å². The van der Waals surface area contributed by atoms with Crippen LogP contribution in [-0.4, -0.2) is 0 Å². The highest BCUT2D eigenvalue weighted by Gasteiger charge is 2.08. The first-order valence-corrected chi connectivity index (χ1v) is 6.47. The largest absolute Gasteiger partial charge is 0.192 e. The molecule has 0 radical (unpaired) electrons. The van der Waals surface area contributed by atoms with Gasteiger partial charge in [0.05, 0.1) is 10.4 Å². The van der Waals surface area contributed by atoms with Gasteiger partial charge in [0.25, 0.3) is 0 Å². The Balaban J connectivity index is 2.65. The number of nitrogens with zero attached hydrogens (tertiary/aromatic N) is 1. The number of hydrogen-bond donors (Lipinski definition) is 0. The van der Waals surface area contributed by atoms with Crippen LogP contribution in [0.15, 0.2) is 30.3 Å². The van der Waals surface area contributed by atoms with E-state index in [0.29, 0.717) is 9.39 Å². The van der Waals surface area contributed by atoms with Crippen molar-refractivity contribution in [3.63, 3.8) is 0 Å². The predicted octanol–water partition coefficient (Wildman–Crippen LogP) is 4.08. The fraction of sp³-hybridized carbons (Fsp3) is 0. The van der Waals surface area contributed by atoms with Crippen molar-refractivity contribution in [2.45, 2.75) is 0 Å². The molecule has 0 saturated heterocycles. The molecule has 1 aromatic heterocycles. The lowest BCUT2D eigenvalue weighted by Crippen LogP contribution is -1.75. The smallest absolute Gasteiger partial charge is 0.120 e. The van der Waals surface area contributed by atoms with Crippen LogP contribution >= 0.6 is 32.9 Å². The van der Waals surface area contributed by atoms with Crippen LogP contribution in [0.4, 0.5) is 0 Å². The molecule has 1 heterocycles. The summed E-state index contributed by atoms with van der Waals surface area (Å²) in [5, 5.41) is 8.95. The third-order valence-corrected chi connectivity index (χ3v) is 4.85. The first kappa shape index (κ1) is 9.53. The molecule has 14 heavy (non-hydrogen) atoms. The molecule has 2 rings (SSSR count). The lowest BCUT2D eigenvalue weighted by atomic mass is 10.1. The first-order chi connectivity index (χ1) is 6.83. The van der Waals surface area contributed by atoms with Crippen LogP contribution in [0.3, 0.4) is 0 Å². The van der Waals surface area contributed by atoms with E-state index in [1.807, 2.05) is 30.3 Å². The van der Waals surface area contributed by atoms with Crippen molar-refractivity contribution in [2.75, 3.05) is 0 Å². The second-order valence-electron chi connectivity index (χ2n) is 2.64. The van der Waals surface area contributed by atoms with E-state index in [1.54, 1.807) is 10.3 Å². The molecule has 0 spiro atoms. The van der Waals surface area contributed by atoms with Gasteiger partial charge in [-0.2, -0.15) is 5.26 Å². The number of nitriles is 1. The summed E-state index contributed by atoms with van der Waals surface area (Å²) >= 11 is 5.08. The second kappa shape index (κ2) is 4.01. The molecule has 2 aromatic rings. The summed E-state index contributed by atoms with van der Waals surface area (Å²) in [5.74, 6) is 0. The van der Waals surface area contributed by atoms with E-state index in [4.69, 9.17) is 17.5 Å². The molecule has 0 aliphatic heterocycles. The van der Waals surface area contributed by atoms with Gasteiger partial charge in [0, 0.05) is 0 Å². The highest BCUT2D eigenvalue weighted by Crippen LogP contribution is 2.33. The highest BCUT2D eigenvalue weighted by molar-refractivity contribution is 7.80. The molecular weight excluding hydrogens is 230 g/mol. The van der Waals surface area contributed by atoms with Crippen LogP contribution in [0.1, 0.15) is 5.56 Å². The number of rotatable bonds is 1. The third-order valence-electron chi connectivity index (χ3n) is 1.78. The van der Waals surface area contributed by atoms with Crippen molar-refractivity contribution in [3.05, 3.63) is 39.7 Å². The van der Waals surface area contributed by atoms with E-state index in [0.717, 1.165) is 10.4 Å². The minimum atomic E-state index is 0.640. The fourth-order valence-electron chi connectivity index (χ4n) is 1.13. The minimum absolute atomic E-state index is 0.640. The van der Waals surface area contributed by atoms with Crippen molar-refractivity contribution in [2.24, 2.45) is 0 Å². The molecule has 0 aliphatic rings. The van der Waals surface area contributed by atoms with Crippen molar-refractivity contribution in [3.8, 4) is 16.5 Å². The van der Waals surface area contributed by atoms with Crippen molar-refractivity contribution in [1.82, 2.24) is 0 Å². The van der Waals surface area contributed by atoms with Crippen LogP contribution in [0, 0.1) is 15.2 Å². The lowest BCUT2D eigenvalue weighted by Gasteiger charge is -1.95. The zero-order chi connectivity index (χ0) is 9.97. The van der Waals surface area contributed by atoms with Crippen LogP contribution < -0.4 is 0 Å². The molecule has 0 amide bonds. The summed E-state index contributed by atoms with van der Waals surface area (Å²) in [7, 11) is 3.05. The van der Waals surface area contributed by atoms with E-state index >= 15 is 0 Å². The number of hydrogen-bond acceptors (Lipinski definition) is 4. The van der Waals surface area contributed by atoms with Gasteiger partial charge in [-0.25, -0.2) is 0 Å². The Morgan fingerprint density at radius 2 is 1.86 bits per heavy atom. The molecule has 4 heteroatoms. The minimum Gasteiger partial charge on any atom is -0.192 e. The Bertz CT molecular complexity index is 530. The molecule has 1 nitrogen and oxygen atoms in total. The maximum absolute atomic E-state index is 8.95. The summed E-state index contributed by atoms with van der Waals surface area (Å²) in [6.45, 7) is 0. The fourth-order valence-corrected chi connectivity index (χ4v) is 3.84. The van der Waals surface area contributed by atoms with E-state index in [2.05, 4.69) is 6.07 Å². The average molecular weight is 235 g/mol. The standard InChI is InChI=1S/C10H5NS3/c11-6-8-9(13-14-10(8)12)7-4-2-1-3-5-7/h1-5H. The monoisotopic (exact) mass is 235 g/mol. The molecule has 0 atom stereocenters. The van der Waals surface area contributed by atoms with Crippen molar-refractivity contribution < 1.29 is 0 Å². The first-order valence-electron chi connectivity index (χ1n) is 3.91. The van der Waals surface area contributed by atoms with Crippen LogP contribution in [-0.2, 0) is 0 Å². The Hall–Kier alpha value is -1.02. The van der Waals surface area contributed by atoms with Gasteiger partial charge >= 0.3 is 0 Å². The molecule has 0 N–H and O–H groups in total. The maximum atomic E-state index is 8.95. The molecule has 0 unspecified atom stereocenters. The van der Waals surface area contributed by atoms with E-state index in [9.17, 15) is 0 Å². The van der Waals surface area contributed by atoms with Gasteiger partial charge in [-0.3, -0.25) is 0 Å². The molecular formula is C10H5NS3. The van der Waals surface area contributed by atoms with Gasteiger partial charge in [-0.1, -0.05) is 63.2 Å². The summed E-state index contributed by atoms with van der Waals surface area (Å²) < 4.78 is 0.691. The zero-order valence-electron chi connectivity index (χ0n) is 7.06. The van der Waals surface area contributed by atoms with Gasteiger partial charge in [0.1, 0.15) is 9.89 Å². The summed E-state index contributed by atoms with van der Waals surface area (Å²) in [4.78, 5) is 0.989. The van der Waals surface area contributed by atoms with Crippen molar-refractivity contribution in [1.29, 1.82) is 5.26 Å². The van der Waals surface area contributed by atoms with E-state index in [-0.39, 0.29) is 0 Å². The summed E-state index contributed by atoms with van der Waals surface area (Å²) in [6, 6.07) is 12.0.